The number of ether oxygens (including phenoxy) is 2. The molecule has 0 aliphatic carbocycles. The Morgan fingerprint density at radius 3 is 1.35 bits per heavy atom. The van der Waals surface area contributed by atoms with Crippen LogP contribution in [-0.2, 0) is 9.84 Å². The van der Waals surface area contributed by atoms with E-state index in [0.717, 1.165) is 5.56 Å². The second kappa shape index (κ2) is 24.0. The third-order valence-electron chi connectivity index (χ3n) is 11.2. The van der Waals surface area contributed by atoms with Gasteiger partial charge in [-0.1, -0.05) is 66.7 Å². The number of benzene rings is 6. The smallest absolute Gasteiger partial charge is 0.257 e. The molecule has 376 valence electrons. The molecule has 0 aromatic heterocycles. The first kappa shape index (κ1) is 53.7. The van der Waals surface area contributed by atoms with Crippen molar-refractivity contribution in [3.8, 4) is 45.3 Å². The van der Waals surface area contributed by atoms with Crippen molar-refractivity contribution in [1.82, 2.24) is 10.6 Å². The summed E-state index contributed by atoms with van der Waals surface area (Å²) in [4.78, 5) is 26.7. The molecular weight excluding hydrogens is 949 g/mol. The van der Waals surface area contributed by atoms with Crippen molar-refractivity contribution < 1.29 is 88.8 Å². The highest BCUT2D eigenvalue weighted by molar-refractivity contribution is 7.91. The van der Waals surface area contributed by atoms with Gasteiger partial charge in [0.15, 0.2) is 12.5 Å². The van der Waals surface area contributed by atoms with E-state index in [1.807, 2.05) is 0 Å². The van der Waals surface area contributed by atoms with Crippen molar-refractivity contribution in [2.24, 2.45) is 0 Å². The number of sulfone groups is 1. The highest BCUT2D eigenvalue weighted by Crippen LogP contribution is 2.34. The van der Waals surface area contributed by atoms with Crippen molar-refractivity contribution in [2.45, 2.75) is 71.1 Å². The standard InChI is InChI=1S/C50H52N2O18S/c53-25-38(55)41(57)43(59)45(61)49(65)51-47(63)36-21-11-29(27-7-3-1-4-8-27)23-40(36)70-31-14-19-34(20-15-31)71(67,68)33-17-12-30(13-18-33)69-32-16-22-35(28-9-5-2-6-10-28)37(24-32)48(64)52-50(66)46(62)44(60)42(58)39(56)26-54/h1-24,38-39,41-46,49-50,53-62,65-66H,25-26H2,(H,51,63)(H,52,64)/t38-,39-,41+,42+,43+,44+,45+,46+,49?,50?/m0/s1. The molecular formula is C50H52N2O18S. The molecule has 0 heterocycles. The monoisotopic (exact) mass is 1000 g/mol. The van der Waals surface area contributed by atoms with Gasteiger partial charge in [0.05, 0.1) is 34.1 Å². The minimum absolute atomic E-state index is 0.0650. The van der Waals surface area contributed by atoms with Crippen LogP contribution in [0.3, 0.4) is 0 Å². The SMILES string of the molecule is O=C(NC(O)[C@H](O)[C@H](O)[C@H](O)[C@@H](O)CO)c1ccc(-c2ccccc2)cc1Oc1ccc(S(=O)(=O)c2ccc(Oc3ccc(-c4ccccc4)c(C(=O)NC(O)[C@H](O)[C@H](O)[C@H](O)[C@@H](O)CO)c3)cc2)cc1. The molecule has 0 spiro atoms. The minimum Gasteiger partial charge on any atom is -0.457 e. The molecule has 6 rings (SSSR count). The molecule has 0 fully saturated rings. The fraction of sp³-hybridized carbons (Fsp3) is 0.240. The molecule has 6 aromatic carbocycles. The molecule has 20 nitrogen and oxygen atoms in total. The van der Waals surface area contributed by atoms with Crippen LogP contribution in [0.5, 0.6) is 23.0 Å². The third-order valence-corrected chi connectivity index (χ3v) is 12.9. The van der Waals surface area contributed by atoms with Crippen LogP contribution in [0.15, 0.2) is 155 Å². The number of amides is 2. The van der Waals surface area contributed by atoms with Gasteiger partial charge in [-0.25, -0.2) is 8.42 Å². The van der Waals surface area contributed by atoms with E-state index in [1.54, 1.807) is 72.8 Å². The lowest BCUT2D eigenvalue weighted by Crippen LogP contribution is -2.54. The quantitative estimate of drug-likeness (QED) is 0.0410. The highest BCUT2D eigenvalue weighted by atomic mass is 32.2. The lowest BCUT2D eigenvalue weighted by molar-refractivity contribution is -0.143. The van der Waals surface area contributed by atoms with Gasteiger partial charge in [0.2, 0.25) is 9.84 Å². The van der Waals surface area contributed by atoms with Gasteiger partial charge in [-0.05, 0) is 101 Å². The van der Waals surface area contributed by atoms with Gasteiger partial charge in [0, 0.05) is 0 Å². The number of hydrogen-bond donors (Lipinski definition) is 14. The van der Waals surface area contributed by atoms with E-state index in [2.05, 4.69) is 10.6 Å². The number of aliphatic hydroxyl groups excluding tert-OH is 12. The van der Waals surface area contributed by atoms with E-state index in [0.29, 0.717) is 16.7 Å². The van der Waals surface area contributed by atoms with Crippen LogP contribution in [0.25, 0.3) is 22.3 Å². The second-order valence-electron chi connectivity index (χ2n) is 16.1. The maximum atomic E-state index is 13.8. The fourth-order valence-corrected chi connectivity index (χ4v) is 8.33. The van der Waals surface area contributed by atoms with Crippen LogP contribution < -0.4 is 20.1 Å². The second-order valence-corrected chi connectivity index (χ2v) is 18.0. The third kappa shape index (κ3) is 13.0. The summed E-state index contributed by atoms with van der Waals surface area (Å²) in [7, 11) is -4.17. The van der Waals surface area contributed by atoms with Crippen molar-refractivity contribution >= 4 is 21.7 Å². The molecule has 0 aliphatic heterocycles. The van der Waals surface area contributed by atoms with Gasteiger partial charge in [0.1, 0.15) is 71.8 Å². The molecule has 0 saturated heterocycles. The molecule has 6 aromatic rings. The van der Waals surface area contributed by atoms with Crippen molar-refractivity contribution in [3.63, 3.8) is 0 Å². The van der Waals surface area contributed by atoms with E-state index < -0.39 is 96.2 Å². The zero-order chi connectivity index (χ0) is 51.6. The maximum Gasteiger partial charge on any atom is 0.257 e. The van der Waals surface area contributed by atoms with Gasteiger partial charge in [-0.2, -0.15) is 0 Å². The van der Waals surface area contributed by atoms with Crippen molar-refractivity contribution in [2.75, 3.05) is 13.2 Å². The Hall–Kier alpha value is -6.67. The zero-order valence-corrected chi connectivity index (χ0v) is 38.1. The van der Waals surface area contributed by atoms with E-state index in [4.69, 9.17) is 19.7 Å². The molecule has 71 heavy (non-hydrogen) atoms. The van der Waals surface area contributed by atoms with Crippen molar-refractivity contribution in [3.05, 3.63) is 157 Å². The van der Waals surface area contributed by atoms with Crippen LogP contribution in [0.4, 0.5) is 0 Å². The van der Waals surface area contributed by atoms with E-state index >= 15 is 0 Å². The normalized spacial score (nSPS) is 15.9. The van der Waals surface area contributed by atoms with Gasteiger partial charge in [0.25, 0.3) is 11.8 Å². The summed E-state index contributed by atoms with van der Waals surface area (Å²) in [5, 5.41) is 124. The molecule has 21 heteroatoms. The molecule has 0 bridgehead atoms. The van der Waals surface area contributed by atoms with Gasteiger partial charge < -0.3 is 81.4 Å². The molecule has 0 saturated carbocycles. The van der Waals surface area contributed by atoms with E-state index in [-0.39, 0.29) is 43.9 Å². The Morgan fingerprint density at radius 1 is 0.437 bits per heavy atom. The Morgan fingerprint density at radius 2 is 0.873 bits per heavy atom. The zero-order valence-electron chi connectivity index (χ0n) is 37.3. The molecule has 0 aliphatic rings. The Kier molecular flexibility index (Phi) is 18.1. The molecule has 0 radical (unpaired) electrons. The fourth-order valence-electron chi connectivity index (χ4n) is 7.07. The average molecular weight is 1000 g/mol. The summed E-state index contributed by atoms with van der Waals surface area (Å²) in [6.07, 6.45) is -20.9. The van der Waals surface area contributed by atoms with Crippen LogP contribution in [0.1, 0.15) is 20.7 Å². The van der Waals surface area contributed by atoms with Crippen molar-refractivity contribution in [1.29, 1.82) is 0 Å². The number of rotatable bonds is 22. The van der Waals surface area contributed by atoms with Gasteiger partial charge >= 0.3 is 0 Å². The first-order valence-electron chi connectivity index (χ1n) is 21.7. The van der Waals surface area contributed by atoms with E-state index in [1.165, 1.54) is 72.8 Å². The summed E-state index contributed by atoms with van der Waals surface area (Å²) in [5.74, 6) is -1.69. The van der Waals surface area contributed by atoms with Crippen LogP contribution in [-0.4, -0.2) is 156 Å². The van der Waals surface area contributed by atoms with Crippen LogP contribution in [0.2, 0.25) is 0 Å². The Labute approximate surface area is 406 Å². The minimum atomic E-state index is -4.17. The number of carbonyl (C=O) groups is 2. The van der Waals surface area contributed by atoms with Gasteiger partial charge in [-0.15, -0.1) is 0 Å². The first-order chi connectivity index (χ1) is 33.8. The summed E-state index contributed by atoms with van der Waals surface area (Å²) in [6, 6.07) is 36.9. The van der Waals surface area contributed by atoms with Crippen LogP contribution >= 0.6 is 0 Å². The molecule has 2 unspecified atom stereocenters. The lowest BCUT2D eigenvalue weighted by atomic mass is 9.98. The predicted octanol–water partition coefficient (Wildman–Crippen LogP) is 0.406. The number of nitrogens with one attached hydrogen (secondary N) is 2. The summed E-state index contributed by atoms with van der Waals surface area (Å²) in [6.45, 7) is -1.92. The summed E-state index contributed by atoms with van der Waals surface area (Å²) >= 11 is 0. The van der Waals surface area contributed by atoms with Gasteiger partial charge in [-0.3, -0.25) is 9.59 Å². The first-order valence-corrected chi connectivity index (χ1v) is 23.2. The molecule has 14 N–H and O–H groups in total. The molecule has 2 amide bonds. The highest BCUT2D eigenvalue weighted by Gasteiger charge is 2.36. The predicted molar refractivity (Wildman–Crippen MR) is 251 cm³/mol. The number of aliphatic hydroxyl groups is 12. The lowest BCUT2D eigenvalue weighted by Gasteiger charge is -2.28. The average Bonchev–Trinajstić information content (AvgIpc) is 3.39. The number of carbonyl (C=O) groups excluding carboxylic acids is 2. The largest absolute Gasteiger partial charge is 0.457 e. The summed E-state index contributed by atoms with van der Waals surface area (Å²) < 4.78 is 39.7. The summed E-state index contributed by atoms with van der Waals surface area (Å²) in [5.41, 5.74) is 2.04. The number of hydrogen-bond acceptors (Lipinski definition) is 18. The van der Waals surface area contributed by atoms with Crippen LogP contribution in [0, 0.1) is 0 Å². The topological polar surface area (TPSA) is 354 Å². The maximum absolute atomic E-state index is 13.8. The molecule has 10 atom stereocenters. The Bertz CT molecular complexity index is 2820. The van der Waals surface area contributed by atoms with E-state index in [9.17, 15) is 69.1 Å². The Balaban J connectivity index is 1.18.